The number of hydrogen-bond acceptors (Lipinski definition) is 3. The topological polar surface area (TPSA) is 71.4 Å². The van der Waals surface area contributed by atoms with Crippen molar-refractivity contribution in [2.24, 2.45) is 11.8 Å². The van der Waals surface area contributed by atoms with Gasteiger partial charge in [0.25, 0.3) is 0 Å². The Labute approximate surface area is 77.9 Å². The van der Waals surface area contributed by atoms with Crippen molar-refractivity contribution in [2.75, 3.05) is 11.5 Å². The second-order valence-electron chi connectivity index (χ2n) is 3.60. The van der Waals surface area contributed by atoms with Crippen LogP contribution >= 0.6 is 0 Å². The zero-order valence-corrected chi connectivity index (χ0v) is 8.38. The first-order valence-electron chi connectivity index (χ1n) is 4.37. The first-order chi connectivity index (χ1) is 5.94. The maximum absolute atomic E-state index is 10.9. The molecule has 1 heterocycles. The lowest BCUT2D eigenvalue weighted by atomic mass is 9.89. The van der Waals surface area contributed by atoms with Gasteiger partial charge in [-0.1, -0.05) is 13.3 Å². The van der Waals surface area contributed by atoms with Crippen LogP contribution < -0.4 is 0 Å². The monoisotopic (exact) mass is 206 g/mol. The second kappa shape index (κ2) is 3.65. The normalized spacial score (nSPS) is 23.5. The Morgan fingerprint density at radius 2 is 2.08 bits per heavy atom. The van der Waals surface area contributed by atoms with Gasteiger partial charge in [0.2, 0.25) is 0 Å². The highest BCUT2D eigenvalue weighted by Crippen LogP contribution is 2.30. The number of hydrogen-bond donors (Lipinski definition) is 1. The van der Waals surface area contributed by atoms with Crippen molar-refractivity contribution in [3.8, 4) is 0 Å². The van der Waals surface area contributed by atoms with Crippen LogP contribution in [0.25, 0.3) is 0 Å². The highest BCUT2D eigenvalue weighted by molar-refractivity contribution is 7.92. The van der Waals surface area contributed by atoms with Gasteiger partial charge in [-0.2, -0.15) is 0 Å². The van der Waals surface area contributed by atoms with Crippen molar-refractivity contribution >= 4 is 15.8 Å². The van der Waals surface area contributed by atoms with Crippen LogP contribution in [-0.2, 0) is 14.6 Å². The molecule has 0 aliphatic carbocycles. The number of carboxylic acids is 1. The fraction of sp³-hybridized carbons (Fsp3) is 0.875. The van der Waals surface area contributed by atoms with E-state index in [1.165, 1.54) is 0 Å². The predicted octanol–water partition coefficient (Wildman–Crippen LogP) is 0.532. The van der Waals surface area contributed by atoms with Crippen LogP contribution in [0.3, 0.4) is 0 Å². The summed E-state index contributed by atoms with van der Waals surface area (Å²) >= 11 is 0. The van der Waals surface area contributed by atoms with E-state index < -0.39 is 15.8 Å². The van der Waals surface area contributed by atoms with Crippen LogP contribution in [-0.4, -0.2) is 31.0 Å². The van der Waals surface area contributed by atoms with Gasteiger partial charge in [0.1, 0.15) is 0 Å². The Morgan fingerprint density at radius 3 is 2.38 bits per heavy atom. The lowest BCUT2D eigenvalue weighted by Crippen LogP contribution is -2.41. The maximum Gasteiger partial charge on any atom is 0.303 e. The molecule has 1 fully saturated rings. The third-order valence-corrected chi connectivity index (χ3v) is 4.44. The number of carboxylic acid groups (broad SMARTS) is 1. The molecule has 1 aliphatic rings. The van der Waals surface area contributed by atoms with E-state index in [9.17, 15) is 13.2 Å². The molecule has 0 radical (unpaired) electrons. The van der Waals surface area contributed by atoms with Gasteiger partial charge < -0.3 is 5.11 Å². The summed E-state index contributed by atoms with van der Waals surface area (Å²) in [5.41, 5.74) is 0. The SMILES string of the molecule is CCC(CC(=O)O)C1CS(=O)(=O)C1. The van der Waals surface area contributed by atoms with E-state index in [0.29, 0.717) is 0 Å². The third kappa shape index (κ3) is 2.69. The van der Waals surface area contributed by atoms with E-state index in [1.54, 1.807) is 0 Å². The minimum absolute atomic E-state index is 0.0287. The van der Waals surface area contributed by atoms with Gasteiger partial charge in [0.15, 0.2) is 9.84 Å². The molecule has 13 heavy (non-hydrogen) atoms. The van der Waals surface area contributed by atoms with E-state index in [1.807, 2.05) is 6.92 Å². The molecule has 76 valence electrons. The molecular weight excluding hydrogens is 192 g/mol. The van der Waals surface area contributed by atoms with Crippen molar-refractivity contribution in [3.05, 3.63) is 0 Å². The maximum atomic E-state index is 10.9. The fourth-order valence-electron chi connectivity index (χ4n) is 1.74. The van der Waals surface area contributed by atoms with Crippen molar-refractivity contribution < 1.29 is 18.3 Å². The summed E-state index contributed by atoms with van der Waals surface area (Å²) in [5.74, 6) is -0.374. The molecule has 0 amide bonds. The molecule has 0 spiro atoms. The zero-order valence-electron chi connectivity index (χ0n) is 7.56. The summed E-state index contributed by atoms with van der Waals surface area (Å²) in [7, 11) is -2.81. The Balaban J connectivity index is 2.46. The Hall–Kier alpha value is -0.580. The Morgan fingerprint density at radius 1 is 1.54 bits per heavy atom. The predicted molar refractivity (Wildman–Crippen MR) is 48.2 cm³/mol. The van der Waals surface area contributed by atoms with E-state index in [-0.39, 0.29) is 29.8 Å². The average Bonchev–Trinajstić information content (AvgIpc) is 1.95. The molecule has 4 nitrogen and oxygen atoms in total. The van der Waals surface area contributed by atoms with Crippen molar-refractivity contribution in [1.29, 1.82) is 0 Å². The smallest absolute Gasteiger partial charge is 0.303 e. The average molecular weight is 206 g/mol. The van der Waals surface area contributed by atoms with E-state index in [0.717, 1.165) is 6.42 Å². The zero-order chi connectivity index (χ0) is 10.1. The van der Waals surface area contributed by atoms with Gasteiger partial charge in [-0.3, -0.25) is 4.79 Å². The summed E-state index contributed by atoms with van der Waals surface area (Å²) in [6.07, 6.45) is 0.836. The van der Waals surface area contributed by atoms with Gasteiger partial charge >= 0.3 is 5.97 Å². The molecule has 1 aliphatic heterocycles. The third-order valence-electron chi connectivity index (χ3n) is 2.56. The molecule has 0 bridgehead atoms. The first-order valence-corrected chi connectivity index (χ1v) is 6.19. The lowest BCUT2D eigenvalue weighted by molar-refractivity contribution is -0.138. The van der Waals surface area contributed by atoms with E-state index in [2.05, 4.69) is 0 Å². The highest BCUT2D eigenvalue weighted by Gasteiger charge is 2.38. The number of aliphatic carboxylic acids is 1. The molecule has 1 rings (SSSR count). The van der Waals surface area contributed by atoms with Gasteiger partial charge in [0.05, 0.1) is 11.5 Å². The summed E-state index contributed by atoms with van der Waals surface area (Å²) in [5, 5.41) is 8.56. The van der Waals surface area contributed by atoms with Crippen molar-refractivity contribution in [3.63, 3.8) is 0 Å². The Bertz CT molecular complexity index is 281. The van der Waals surface area contributed by atoms with E-state index in [4.69, 9.17) is 5.11 Å². The van der Waals surface area contributed by atoms with Crippen LogP contribution in [0, 0.1) is 11.8 Å². The molecule has 0 aromatic carbocycles. The summed E-state index contributed by atoms with van der Waals surface area (Å²) < 4.78 is 21.7. The molecule has 1 N–H and O–H groups in total. The molecule has 1 unspecified atom stereocenters. The number of sulfone groups is 1. The fourth-order valence-corrected chi connectivity index (χ4v) is 3.50. The van der Waals surface area contributed by atoms with Crippen LogP contribution in [0.1, 0.15) is 19.8 Å². The minimum atomic E-state index is -2.81. The molecule has 5 heteroatoms. The van der Waals surface area contributed by atoms with Crippen molar-refractivity contribution in [1.82, 2.24) is 0 Å². The molecule has 1 atom stereocenters. The first kappa shape index (κ1) is 10.5. The molecule has 0 aromatic rings. The van der Waals surface area contributed by atoms with Gasteiger partial charge in [-0.05, 0) is 11.8 Å². The van der Waals surface area contributed by atoms with Crippen LogP contribution in [0.15, 0.2) is 0 Å². The second-order valence-corrected chi connectivity index (χ2v) is 5.76. The van der Waals surface area contributed by atoms with Gasteiger partial charge in [-0.25, -0.2) is 8.42 Å². The molecular formula is C8H14O4S. The number of rotatable bonds is 4. The Kier molecular flexibility index (Phi) is 2.95. The van der Waals surface area contributed by atoms with Crippen LogP contribution in [0.4, 0.5) is 0 Å². The molecule has 0 saturated carbocycles. The van der Waals surface area contributed by atoms with E-state index >= 15 is 0 Å². The summed E-state index contributed by atoms with van der Waals surface area (Å²) in [6.45, 7) is 1.90. The van der Waals surface area contributed by atoms with Gasteiger partial charge in [-0.15, -0.1) is 0 Å². The summed E-state index contributed by atoms with van der Waals surface area (Å²) in [4.78, 5) is 10.4. The molecule has 1 saturated heterocycles. The summed E-state index contributed by atoms with van der Waals surface area (Å²) in [6, 6.07) is 0. The minimum Gasteiger partial charge on any atom is -0.481 e. The van der Waals surface area contributed by atoms with Gasteiger partial charge in [0, 0.05) is 6.42 Å². The quantitative estimate of drug-likeness (QED) is 0.728. The largest absolute Gasteiger partial charge is 0.481 e. The lowest BCUT2D eigenvalue weighted by Gasteiger charge is -2.31. The standard InChI is InChI=1S/C8H14O4S/c1-2-6(3-8(9)10)7-4-13(11,12)5-7/h6-7H,2-5H2,1H3,(H,9,10). The molecule has 0 aromatic heterocycles. The van der Waals surface area contributed by atoms with Crippen molar-refractivity contribution in [2.45, 2.75) is 19.8 Å². The highest BCUT2D eigenvalue weighted by atomic mass is 32.2. The number of carbonyl (C=O) groups is 1. The van der Waals surface area contributed by atoms with Crippen LogP contribution in [0.2, 0.25) is 0 Å². The van der Waals surface area contributed by atoms with Crippen LogP contribution in [0.5, 0.6) is 0 Å².